The summed E-state index contributed by atoms with van der Waals surface area (Å²) < 4.78 is 4.91. The van der Waals surface area contributed by atoms with Crippen molar-refractivity contribution in [3.8, 4) is 0 Å². The van der Waals surface area contributed by atoms with Crippen molar-refractivity contribution in [3.63, 3.8) is 0 Å². The predicted molar refractivity (Wildman–Crippen MR) is 107 cm³/mol. The lowest BCUT2D eigenvalue weighted by molar-refractivity contribution is -0.140. The van der Waals surface area contributed by atoms with Crippen LogP contribution in [0.5, 0.6) is 0 Å². The van der Waals surface area contributed by atoms with Gasteiger partial charge in [0.2, 0.25) is 11.8 Å². The summed E-state index contributed by atoms with van der Waals surface area (Å²) in [5.41, 5.74) is 5.98. The van der Waals surface area contributed by atoms with Crippen molar-refractivity contribution in [2.45, 2.75) is 38.1 Å². The number of carbonyl (C=O) groups excluding carboxylic acids is 2. The van der Waals surface area contributed by atoms with Crippen molar-refractivity contribution in [2.75, 3.05) is 53.0 Å². The Morgan fingerprint density at radius 1 is 1.19 bits per heavy atom. The van der Waals surface area contributed by atoms with Crippen LogP contribution >= 0.6 is 24.8 Å². The fraction of sp³-hybridized carbons (Fsp3) is 0.882. The number of nitrogens with two attached hydrogens (primary N) is 1. The molecule has 0 aromatic carbocycles. The molecule has 1 aliphatic heterocycles. The topological polar surface area (TPSA) is 87.9 Å². The third kappa shape index (κ3) is 7.19. The van der Waals surface area contributed by atoms with Gasteiger partial charge in [0, 0.05) is 45.4 Å². The summed E-state index contributed by atoms with van der Waals surface area (Å²) in [4.78, 5) is 28.7. The van der Waals surface area contributed by atoms with E-state index >= 15 is 0 Å². The van der Waals surface area contributed by atoms with Gasteiger partial charge in [-0.25, -0.2) is 0 Å². The summed E-state index contributed by atoms with van der Waals surface area (Å²) in [7, 11) is 1.61. The van der Waals surface area contributed by atoms with Gasteiger partial charge >= 0.3 is 0 Å². The minimum atomic E-state index is -0.381. The first-order chi connectivity index (χ1) is 11.4. The van der Waals surface area contributed by atoms with Gasteiger partial charge < -0.3 is 20.7 Å². The van der Waals surface area contributed by atoms with Gasteiger partial charge in [0.15, 0.2) is 0 Å². The summed E-state index contributed by atoms with van der Waals surface area (Å²) in [5, 5.41) is 2.82. The van der Waals surface area contributed by atoms with Crippen LogP contribution in [0.25, 0.3) is 0 Å². The van der Waals surface area contributed by atoms with Crippen molar-refractivity contribution < 1.29 is 14.3 Å². The van der Waals surface area contributed by atoms with E-state index in [2.05, 4.69) is 10.2 Å². The highest BCUT2D eigenvalue weighted by atomic mass is 35.5. The Morgan fingerprint density at radius 3 is 2.42 bits per heavy atom. The second kappa shape index (κ2) is 12.0. The zero-order valence-corrected chi connectivity index (χ0v) is 17.5. The van der Waals surface area contributed by atoms with Gasteiger partial charge in [0.25, 0.3) is 0 Å². The van der Waals surface area contributed by atoms with Gasteiger partial charge in [-0.05, 0) is 19.8 Å². The van der Waals surface area contributed by atoms with Crippen molar-refractivity contribution in [1.82, 2.24) is 15.1 Å². The number of ether oxygens (including phenoxy) is 1. The third-order valence-corrected chi connectivity index (χ3v) is 5.23. The number of hydrogen-bond donors (Lipinski definition) is 2. The second-order valence-corrected chi connectivity index (χ2v) is 7.25. The number of carbonyl (C=O) groups is 2. The lowest BCUT2D eigenvalue weighted by atomic mass is 9.74. The van der Waals surface area contributed by atoms with Crippen LogP contribution in [0.15, 0.2) is 0 Å². The molecule has 2 amide bonds. The maximum absolute atomic E-state index is 12.8. The lowest BCUT2D eigenvalue weighted by Gasteiger charge is -2.42. The standard InChI is InChI=1S/C17H32N4O3.2ClH/c1-17(18)6-4-3-5-14(17)16(23)21-10-8-20(9-11-21)13-15(22)19-7-12-24-2;;/h14H,3-13,18H2,1-2H3,(H,19,22);2*1H. The maximum atomic E-state index is 12.8. The molecule has 1 saturated heterocycles. The molecule has 154 valence electrons. The molecular formula is C17H34Cl2N4O3. The van der Waals surface area contributed by atoms with Crippen LogP contribution in [0.4, 0.5) is 0 Å². The Bertz CT molecular complexity index is 444. The minimum absolute atomic E-state index is 0. The van der Waals surface area contributed by atoms with E-state index in [1.54, 1.807) is 7.11 Å². The van der Waals surface area contributed by atoms with Crippen LogP contribution in [-0.2, 0) is 14.3 Å². The molecule has 2 unspecified atom stereocenters. The molecular weight excluding hydrogens is 379 g/mol. The predicted octanol–water partition coefficient (Wildman–Crippen LogP) is 0.644. The highest BCUT2D eigenvalue weighted by molar-refractivity contribution is 5.85. The number of halogens is 2. The molecule has 2 rings (SSSR count). The second-order valence-electron chi connectivity index (χ2n) is 7.25. The zero-order chi connectivity index (χ0) is 17.6. The Morgan fingerprint density at radius 2 is 1.85 bits per heavy atom. The van der Waals surface area contributed by atoms with Crippen LogP contribution in [0, 0.1) is 5.92 Å². The molecule has 2 aliphatic rings. The van der Waals surface area contributed by atoms with Crippen molar-refractivity contribution in [3.05, 3.63) is 0 Å². The van der Waals surface area contributed by atoms with E-state index in [0.29, 0.717) is 32.8 Å². The number of nitrogens with zero attached hydrogens (tertiary/aromatic N) is 2. The zero-order valence-electron chi connectivity index (χ0n) is 15.9. The molecule has 1 aliphatic carbocycles. The Hall–Kier alpha value is -0.600. The van der Waals surface area contributed by atoms with Crippen molar-refractivity contribution >= 4 is 36.6 Å². The lowest BCUT2D eigenvalue weighted by Crippen LogP contribution is -2.57. The molecule has 2 fully saturated rings. The minimum Gasteiger partial charge on any atom is -0.383 e. The molecule has 1 saturated carbocycles. The molecule has 9 heteroatoms. The highest BCUT2D eigenvalue weighted by Crippen LogP contribution is 2.33. The molecule has 26 heavy (non-hydrogen) atoms. The highest BCUT2D eigenvalue weighted by Gasteiger charge is 2.40. The van der Waals surface area contributed by atoms with Crippen LogP contribution in [0.1, 0.15) is 32.6 Å². The Kier molecular flexibility index (Phi) is 11.7. The summed E-state index contributed by atoms with van der Waals surface area (Å²) in [6.07, 6.45) is 4.02. The molecule has 2 atom stereocenters. The molecule has 0 aromatic rings. The Balaban J connectivity index is 0.00000312. The largest absolute Gasteiger partial charge is 0.383 e. The van der Waals surface area contributed by atoms with E-state index in [9.17, 15) is 9.59 Å². The molecule has 0 radical (unpaired) electrons. The van der Waals surface area contributed by atoms with E-state index in [4.69, 9.17) is 10.5 Å². The summed E-state index contributed by atoms with van der Waals surface area (Å²) in [6, 6.07) is 0. The summed E-state index contributed by atoms with van der Waals surface area (Å²) in [6.45, 7) is 6.26. The third-order valence-electron chi connectivity index (χ3n) is 5.23. The molecule has 0 spiro atoms. The first-order valence-corrected chi connectivity index (χ1v) is 8.99. The number of piperazine rings is 1. The van der Waals surface area contributed by atoms with Gasteiger partial charge in [0.1, 0.15) is 0 Å². The number of methoxy groups -OCH3 is 1. The molecule has 0 bridgehead atoms. The maximum Gasteiger partial charge on any atom is 0.234 e. The fourth-order valence-corrected chi connectivity index (χ4v) is 3.66. The number of hydrogen-bond acceptors (Lipinski definition) is 5. The van der Waals surface area contributed by atoms with Gasteiger partial charge in [-0.2, -0.15) is 0 Å². The van der Waals surface area contributed by atoms with E-state index in [0.717, 1.165) is 38.8 Å². The van der Waals surface area contributed by atoms with Gasteiger partial charge in [0.05, 0.1) is 19.1 Å². The van der Waals surface area contributed by atoms with Crippen molar-refractivity contribution in [2.24, 2.45) is 11.7 Å². The fourth-order valence-electron chi connectivity index (χ4n) is 3.66. The first-order valence-electron chi connectivity index (χ1n) is 8.99. The number of amides is 2. The monoisotopic (exact) mass is 412 g/mol. The number of rotatable bonds is 6. The van der Waals surface area contributed by atoms with Gasteiger partial charge in [-0.3, -0.25) is 14.5 Å². The van der Waals surface area contributed by atoms with Crippen LogP contribution in [0.3, 0.4) is 0 Å². The quantitative estimate of drug-likeness (QED) is 0.625. The Labute approximate surface area is 169 Å². The molecule has 1 heterocycles. The van der Waals surface area contributed by atoms with Crippen LogP contribution in [0.2, 0.25) is 0 Å². The van der Waals surface area contributed by atoms with E-state index in [1.807, 2.05) is 11.8 Å². The average molecular weight is 413 g/mol. The summed E-state index contributed by atoms with van der Waals surface area (Å²) in [5.74, 6) is 0.146. The van der Waals surface area contributed by atoms with Crippen molar-refractivity contribution in [1.29, 1.82) is 0 Å². The average Bonchev–Trinajstić information content (AvgIpc) is 2.55. The number of nitrogens with one attached hydrogen (secondary N) is 1. The van der Waals surface area contributed by atoms with Gasteiger partial charge in [-0.1, -0.05) is 12.8 Å². The van der Waals surface area contributed by atoms with Crippen LogP contribution in [-0.4, -0.2) is 80.1 Å². The summed E-state index contributed by atoms with van der Waals surface area (Å²) >= 11 is 0. The SMILES string of the molecule is COCCNC(=O)CN1CCN(C(=O)C2CCCCC2(C)N)CC1.Cl.Cl. The van der Waals surface area contributed by atoms with E-state index < -0.39 is 0 Å². The van der Waals surface area contributed by atoms with Gasteiger partial charge in [-0.15, -0.1) is 24.8 Å². The first kappa shape index (κ1) is 25.4. The smallest absolute Gasteiger partial charge is 0.234 e. The normalized spacial score (nSPS) is 26.4. The van der Waals surface area contributed by atoms with Crippen LogP contribution < -0.4 is 11.1 Å². The molecule has 7 nitrogen and oxygen atoms in total. The van der Waals surface area contributed by atoms with E-state index in [-0.39, 0.29) is 48.1 Å². The molecule has 3 N–H and O–H groups in total. The molecule has 0 aromatic heterocycles. The van der Waals surface area contributed by atoms with E-state index in [1.165, 1.54) is 0 Å².